The normalized spacial score (nSPS) is 8.11. The molecule has 0 heterocycles. The standard InChI is InChI=1S/C8H10.W/c1-2-8-6-4-3-5-7-8;/h3-7H,2H2,1H3;. The van der Waals surface area contributed by atoms with Gasteiger partial charge in [0.25, 0.3) is 0 Å². The van der Waals surface area contributed by atoms with Gasteiger partial charge in [0.1, 0.15) is 0 Å². The van der Waals surface area contributed by atoms with E-state index >= 15 is 0 Å². The van der Waals surface area contributed by atoms with Gasteiger partial charge in [-0.15, -0.1) is 0 Å². The van der Waals surface area contributed by atoms with Crippen molar-refractivity contribution in [2.45, 2.75) is 13.3 Å². The summed E-state index contributed by atoms with van der Waals surface area (Å²) < 4.78 is 0. The maximum absolute atomic E-state index is 2.16. The van der Waals surface area contributed by atoms with Crippen LogP contribution in [0.5, 0.6) is 0 Å². The van der Waals surface area contributed by atoms with Crippen LogP contribution < -0.4 is 0 Å². The minimum absolute atomic E-state index is 0. The molecule has 0 aliphatic rings. The Bertz CT molecular complexity index is 146. The maximum Gasteiger partial charge on any atom is 0 e. The van der Waals surface area contributed by atoms with Gasteiger partial charge in [-0.1, -0.05) is 37.3 Å². The fourth-order valence-electron chi connectivity index (χ4n) is 0.714. The summed E-state index contributed by atoms with van der Waals surface area (Å²) >= 11 is 0. The quantitative estimate of drug-likeness (QED) is 0.744. The van der Waals surface area contributed by atoms with E-state index in [0.29, 0.717) is 0 Å². The van der Waals surface area contributed by atoms with Crippen LogP contribution in [0.15, 0.2) is 30.3 Å². The average molecular weight is 290 g/mol. The summed E-state index contributed by atoms with van der Waals surface area (Å²) in [5, 5.41) is 0. The van der Waals surface area contributed by atoms with Gasteiger partial charge >= 0.3 is 0 Å². The Hall–Kier alpha value is -0.0917. The van der Waals surface area contributed by atoms with Crippen molar-refractivity contribution in [1.29, 1.82) is 0 Å². The Morgan fingerprint density at radius 1 is 1.11 bits per heavy atom. The summed E-state index contributed by atoms with van der Waals surface area (Å²) in [4.78, 5) is 0. The summed E-state index contributed by atoms with van der Waals surface area (Å²) in [6, 6.07) is 10.5. The van der Waals surface area contributed by atoms with Gasteiger partial charge in [0.15, 0.2) is 0 Å². The molecule has 0 atom stereocenters. The van der Waals surface area contributed by atoms with E-state index in [1.807, 2.05) is 6.07 Å². The van der Waals surface area contributed by atoms with Crippen molar-refractivity contribution < 1.29 is 21.1 Å². The van der Waals surface area contributed by atoms with Crippen molar-refractivity contribution in [1.82, 2.24) is 0 Å². The largest absolute Gasteiger partial charge is 0.0622 e. The van der Waals surface area contributed by atoms with Gasteiger partial charge in [0.2, 0.25) is 0 Å². The molecule has 0 nitrogen and oxygen atoms in total. The molecule has 1 rings (SSSR count). The number of rotatable bonds is 1. The van der Waals surface area contributed by atoms with Crippen molar-refractivity contribution in [2.75, 3.05) is 0 Å². The van der Waals surface area contributed by atoms with Gasteiger partial charge in [0, 0.05) is 21.1 Å². The van der Waals surface area contributed by atoms with Crippen molar-refractivity contribution in [3.8, 4) is 0 Å². The van der Waals surface area contributed by atoms with Crippen LogP contribution >= 0.6 is 0 Å². The molecule has 9 heavy (non-hydrogen) atoms. The molecular formula is C8H10W. The van der Waals surface area contributed by atoms with E-state index in [1.54, 1.807) is 0 Å². The van der Waals surface area contributed by atoms with Crippen LogP contribution in [0, 0.1) is 0 Å². The van der Waals surface area contributed by atoms with E-state index < -0.39 is 0 Å². The molecule has 48 valence electrons. The smallest absolute Gasteiger partial charge is 0 e. The fourth-order valence-corrected chi connectivity index (χ4v) is 0.714. The molecule has 1 aromatic carbocycles. The van der Waals surface area contributed by atoms with E-state index in [2.05, 4.69) is 31.2 Å². The molecule has 0 amide bonds. The Morgan fingerprint density at radius 2 is 1.67 bits per heavy atom. The van der Waals surface area contributed by atoms with Gasteiger partial charge in [-0.3, -0.25) is 0 Å². The minimum atomic E-state index is 0. The van der Waals surface area contributed by atoms with Crippen LogP contribution in [0.2, 0.25) is 0 Å². The van der Waals surface area contributed by atoms with Crippen molar-refractivity contribution in [3.05, 3.63) is 35.9 Å². The third-order valence-corrected chi connectivity index (χ3v) is 1.25. The average Bonchev–Trinajstić information content (AvgIpc) is 1.90. The molecule has 0 spiro atoms. The van der Waals surface area contributed by atoms with E-state index in [9.17, 15) is 0 Å². The Morgan fingerprint density at radius 3 is 2.00 bits per heavy atom. The zero-order chi connectivity index (χ0) is 5.82. The molecule has 0 unspecified atom stereocenters. The van der Waals surface area contributed by atoms with Crippen molar-refractivity contribution >= 4 is 0 Å². The topological polar surface area (TPSA) is 0 Å². The first kappa shape index (κ1) is 8.91. The molecule has 0 bridgehead atoms. The molecular weight excluding hydrogens is 280 g/mol. The van der Waals surface area contributed by atoms with Crippen LogP contribution in [0.25, 0.3) is 0 Å². The molecule has 0 fully saturated rings. The second-order valence-electron chi connectivity index (χ2n) is 1.84. The Balaban J connectivity index is 0.000000640. The molecule has 0 aliphatic heterocycles. The van der Waals surface area contributed by atoms with Gasteiger partial charge in [-0.2, -0.15) is 0 Å². The van der Waals surface area contributed by atoms with Gasteiger partial charge in [-0.05, 0) is 12.0 Å². The number of benzene rings is 1. The molecule has 0 N–H and O–H groups in total. The molecule has 0 saturated heterocycles. The third-order valence-electron chi connectivity index (χ3n) is 1.25. The van der Waals surface area contributed by atoms with Crippen LogP contribution in [-0.4, -0.2) is 0 Å². The Labute approximate surface area is 70.5 Å². The summed E-state index contributed by atoms with van der Waals surface area (Å²) in [7, 11) is 0. The van der Waals surface area contributed by atoms with E-state index in [-0.39, 0.29) is 21.1 Å². The molecule has 0 aliphatic carbocycles. The summed E-state index contributed by atoms with van der Waals surface area (Å²) in [5.41, 5.74) is 1.41. The predicted molar refractivity (Wildman–Crippen MR) is 35.8 cm³/mol. The number of aryl methyl sites for hydroxylation is 1. The van der Waals surface area contributed by atoms with Crippen LogP contribution in [0.3, 0.4) is 0 Å². The first-order valence-electron chi connectivity index (χ1n) is 2.97. The van der Waals surface area contributed by atoms with Gasteiger partial charge < -0.3 is 0 Å². The van der Waals surface area contributed by atoms with Gasteiger partial charge in [-0.25, -0.2) is 0 Å². The van der Waals surface area contributed by atoms with E-state index in [4.69, 9.17) is 0 Å². The summed E-state index contributed by atoms with van der Waals surface area (Å²) in [5.74, 6) is 0. The predicted octanol–water partition coefficient (Wildman–Crippen LogP) is 2.25. The third kappa shape index (κ3) is 2.81. The molecule has 1 aromatic rings. The zero-order valence-corrected chi connectivity index (χ0v) is 8.44. The molecule has 0 saturated carbocycles. The number of hydrogen-bond donors (Lipinski definition) is 0. The molecule has 1 heteroatoms. The first-order valence-corrected chi connectivity index (χ1v) is 2.97. The van der Waals surface area contributed by atoms with Crippen molar-refractivity contribution in [3.63, 3.8) is 0 Å². The summed E-state index contributed by atoms with van der Waals surface area (Å²) in [6.45, 7) is 2.16. The Kier molecular flexibility index (Phi) is 4.71. The maximum atomic E-state index is 2.16. The van der Waals surface area contributed by atoms with E-state index in [1.165, 1.54) is 5.56 Å². The van der Waals surface area contributed by atoms with Crippen LogP contribution in [-0.2, 0) is 27.5 Å². The summed E-state index contributed by atoms with van der Waals surface area (Å²) in [6.07, 6.45) is 1.14. The first-order chi connectivity index (χ1) is 3.93. The zero-order valence-electron chi connectivity index (χ0n) is 5.50. The van der Waals surface area contributed by atoms with Crippen molar-refractivity contribution in [2.24, 2.45) is 0 Å². The monoisotopic (exact) mass is 290 g/mol. The van der Waals surface area contributed by atoms with Gasteiger partial charge in [0.05, 0.1) is 0 Å². The second kappa shape index (κ2) is 4.76. The molecule has 0 radical (unpaired) electrons. The molecule has 0 aromatic heterocycles. The van der Waals surface area contributed by atoms with Crippen LogP contribution in [0.1, 0.15) is 12.5 Å². The fraction of sp³-hybridized carbons (Fsp3) is 0.250. The van der Waals surface area contributed by atoms with E-state index in [0.717, 1.165) is 6.42 Å². The SMILES string of the molecule is CCc1ccccc1.[W]. The number of hydrogen-bond acceptors (Lipinski definition) is 0. The minimum Gasteiger partial charge on any atom is -0.0622 e. The second-order valence-corrected chi connectivity index (χ2v) is 1.84. The van der Waals surface area contributed by atoms with Crippen LogP contribution in [0.4, 0.5) is 0 Å².